The average molecular weight is 473 g/mol. The summed E-state index contributed by atoms with van der Waals surface area (Å²) in [6.45, 7) is 1.96. The van der Waals surface area contributed by atoms with Crippen LogP contribution in [0.5, 0.6) is 5.75 Å². The van der Waals surface area contributed by atoms with Crippen LogP contribution in [0.4, 0.5) is 0 Å². The Labute approximate surface area is 153 Å². The second-order valence-electron chi connectivity index (χ2n) is 4.76. The molecular formula is C14H19Br2NO5S. The molecule has 1 aromatic carbocycles. The van der Waals surface area contributed by atoms with E-state index in [0.29, 0.717) is 27.5 Å². The Morgan fingerprint density at radius 2 is 1.91 bits per heavy atom. The average Bonchev–Trinajstić information content (AvgIpc) is 2.50. The monoisotopic (exact) mass is 471 g/mol. The minimum Gasteiger partial charge on any atom is -0.496 e. The number of carbonyl (C=O) groups excluding carboxylic acids is 1. The Bertz CT molecular complexity index is 663. The van der Waals surface area contributed by atoms with Gasteiger partial charge in [0.05, 0.1) is 23.6 Å². The predicted octanol–water partition coefficient (Wildman–Crippen LogP) is 3.23. The number of rotatable bonds is 8. The number of nitrogens with one attached hydrogen (secondary N) is 1. The molecule has 0 saturated carbocycles. The van der Waals surface area contributed by atoms with Gasteiger partial charge in [-0.05, 0) is 44.3 Å². The zero-order chi connectivity index (χ0) is 17.6. The van der Waals surface area contributed by atoms with Gasteiger partial charge in [0, 0.05) is 10.5 Å². The molecule has 0 saturated heterocycles. The molecule has 0 heterocycles. The standard InChI is InChI=1S/C14H19Br2NO5S/c1-4-5-6-11(14(18)22-3)17-23(19,20)13-8-12(21-2)9(15)7-10(13)16/h7-8,11,17H,4-6H2,1-3H3. The van der Waals surface area contributed by atoms with Gasteiger partial charge in [0.1, 0.15) is 11.8 Å². The number of hydrogen-bond acceptors (Lipinski definition) is 5. The van der Waals surface area contributed by atoms with Crippen molar-refractivity contribution < 1.29 is 22.7 Å². The molecule has 1 N–H and O–H groups in total. The number of esters is 1. The van der Waals surface area contributed by atoms with Gasteiger partial charge in [-0.1, -0.05) is 19.8 Å². The lowest BCUT2D eigenvalue weighted by Gasteiger charge is -2.17. The molecule has 0 spiro atoms. The van der Waals surface area contributed by atoms with Crippen LogP contribution in [0.1, 0.15) is 26.2 Å². The molecule has 1 aromatic rings. The van der Waals surface area contributed by atoms with E-state index in [2.05, 4.69) is 41.3 Å². The number of hydrogen-bond donors (Lipinski definition) is 1. The smallest absolute Gasteiger partial charge is 0.323 e. The van der Waals surface area contributed by atoms with E-state index >= 15 is 0 Å². The number of carbonyl (C=O) groups is 1. The Kier molecular flexibility index (Phi) is 7.99. The first-order valence-corrected chi connectivity index (χ1v) is 9.96. The minimum absolute atomic E-state index is 0.0112. The van der Waals surface area contributed by atoms with Crippen molar-refractivity contribution in [2.24, 2.45) is 0 Å². The summed E-state index contributed by atoms with van der Waals surface area (Å²) < 4.78 is 38.4. The van der Waals surface area contributed by atoms with Gasteiger partial charge in [0.2, 0.25) is 10.0 Å². The van der Waals surface area contributed by atoms with Gasteiger partial charge in [-0.2, -0.15) is 4.72 Å². The summed E-state index contributed by atoms with van der Waals surface area (Å²) in [6, 6.07) is 2.03. The lowest BCUT2D eigenvalue weighted by atomic mass is 10.1. The summed E-state index contributed by atoms with van der Waals surface area (Å²) in [5.41, 5.74) is 0. The number of sulfonamides is 1. The van der Waals surface area contributed by atoms with Crippen LogP contribution in [0.15, 0.2) is 26.0 Å². The summed E-state index contributed by atoms with van der Waals surface area (Å²) in [5.74, 6) is -0.237. The van der Waals surface area contributed by atoms with E-state index in [1.807, 2.05) is 6.92 Å². The molecule has 1 unspecified atom stereocenters. The van der Waals surface area contributed by atoms with E-state index in [9.17, 15) is 13.2 Å². The van der Waals surface area contributed by atoms with Crippen LogP contribution in [0.2, 0.25) is 0 Å². The lowest BCUT2D eigenvalue weighted by molar-refractivity contribution is -0.142. The van der Waals surface area contributed by atoms with Gasteiger partial charge in [-0.15, -0.1) is 0 Å². The van der Waals surface area contributed by atoms with Crippen LogP contribution in [-0.4, -0.2) is 34.6 Å². The normalized spacial score (nSPS) is 12.7. The maximum atomic E-state index is 12.6. The lowest BCUT2D eigenvalue weighted by Crippen LogP contribution is -2.41. The fourth-order valence-corrected chi connectivity index (χ4v) is 4.99. The number of benzene rings is 1. The van der Waals surface area contributed by atoms with Crippen LogP contribution in [0.3, 0.4) is 0 Å². The van der Waals surface area contributed by atoms with Gasteiger partial charge in [-0.25, -0.2) is 8.42 Å². The fraction of sp³-hybridized carbons (Fsp3) is 0.500. The molecule has 0 aliphatic rings. The van der Waals surface area contributed by atoms with Gasteiger partial charge < -0.3 is 9.47 Å². The third-order valence-corrected chi connectivity index (χ3v) is 6.18. The molecular weight excluding hydrogens is 454 g/mol. The van der Waals surface area contributed by atoms with Crippen molar-refractivity contribution in [2.45, 2.75) is 37.1 Å². The van der Waals surface area contributed by atoms with Crippen LogP contribution in [-0.2, 0) is 19.6 Å². The molecule has 6 nitrogen and oxygen atoms in total. The third kappa shape index (κ3) is 5.44. The van der Waals surface area contributed by atoms with E-state index in [1.165, 1.54) is 20.3 Å². The van der Waals surface area contributed by atoms with Crippen LogP contribution >= 0.6 is 31.9 Å². The number of halogens is 2. The highest BCUT2D eigenvalue weighted by Crippen LogP contribution is 2.34. The Morgan fingerprint density at radius 1 is 1.26 bits per heavy atom. The topological polar surface area (TPSA) is 81.7 Å². The van der Waals surface area contributed by atoms with Crippen LogP contribution < -0.4 is 9.46 Å². The van der Waals surface area contributed by atoms with Gasteiger partial charge >= 0.3 is 5.97 Å². The van der Waals surface area contributed by atoms with Gasteiger partial charge in [0.15, 0.2) is 0 Å². The molecule has 130 valence electrons. The SMILES string of the molecule is CCCCC(NS(=O)(=O)c1cc(OC)c(Br)cc1Br)C(=O)OC. The summed E-state index contributed by atoms with van der Waals surface area (Å²) in [6.07, 6.45) is 1.91. The van der Waals surface area contributed by atoms with Crippen molar-refractivity contribution in [1.29, 1.82) is 0 Å². The first-order valence-electron chi connectivity index (χ1n) is 6.90. The number of ether oxygens (including phenoxy) is 2. The second kappa shape index (κ2) is 9.00. The quantitative estimate of drug-likeness (QED) is 0.587. The zero-order valence-electron chi connectivity index (χ0n) is 13.1. The van der Waals surface area contributed by atoms with Crippen molar-refractivity contribution in [3.63, 3.8) is 0 Å². The first-order chi connectivity index (χ1) is 10.8. The van der Waals surface area contributed by atoms with Crippen molar-refractivity contribution in [2.75, 3.05) is 14.2 Å². The maximum Gasteiger partial charge on any atom is 0.323 e. The molecule has 0 fully saturated rings. The summed E-state index contributed by atoms with van der Waals surface area (Å²) >= 11 is 6.51. The van der Waals surface area contributed by atoms with Crippen molar-refractivity contribution in [1.82, 2.24) is 4.72 Å². The van der Waals surface area contributed by atoms with Crippen LogP contribution in [0.25, 0.3) is 0 Å². The Balaban J connectivity index is 3.16. The maximum absolute atomic E-state index is 12.6. The summed E-state index contributed by atoms with van der Waals surface area (Å²) in [4.78, 5) is 11.8. The van der Waals surface area contributed by atoms with E-state index < -0.39 is 22.0 Å². The molecule has 1 rings (SSSR count). The van der Waals surface area contributed by atoms with Crippen molar-refractivity contribution >= 4 is 47.9 Å². The molecule has 9 heteroatoms. The molecule has 23 heavy (non-hydrogen) atoms. The highest BCUT2D eigenvalue weighted by molar-refractivity contribution is 9.11. The molecule has 1 atom stereocenters. The fourth-order valence-electron chi connectivity index (χ4n) is 1.90. The first kappa shape index (κ1) is 20.4. The van der Waals surface area contributed by atoms with E-state index in [-0.39, 0.29) is 4.90 Å². The molecule has 0 aromatic heterocycles. The van der Waals surface area contributed by atoms with E-state index in [4.69, 9.17) is 4.74 Å². The molecule has 0 aliphatic carbocycles. The summed E-state index contributed by atoms with van der Waals surface area (Å²) in [5, 5.41) is 0. The predicted molar refractivity (Wildman–Crippen MR) is 94.0 cm³/mol. The van der Waals surface area contributed by atoms with E-state index in [0.717, 1.165) is 6.42 Å². The molecule has 0 radical (unpaired) electrons. The van der Waals surface area contributed by atoms with Crippen molar-refractivity contribution in [3.8, 4) is 5.75 Å². The Hall–Kier alpha value is -0.640. The van der Waals surface area contributed by atoms with Crippen molar-refractivity contribution in [3.05, 3.63) is 21.1 Å². The highest BCUT2D eigenvalue weighted by Gasteiger charge is 2.28. The Morgan fingerprint density at radius 3 is 2.43 bits per heavy atom. The molecule has 0 amide bonds. The molecule has 0 bridgehead atoms. The third-order valence-electron chi connectivity index (χ3n) is 3.13. The largest absolute Gasteiger partial charge is 0.496 e. The summed E-state index contributed by atoms with van der Waals surface area (Å²) in [7, 11) is -1.25. The van der Waals surface area contributed by atoms with E-state index in [1.54, 1.807) is 6.07 Å². The van der Waals surface area contributed by atoms with Crippen LogP contribution in [0, 0.1) is 0 Å². The van der Waals surface area contributed by atoms with Gasteiger partial charge in [0.25, 0.3) is 0 Å². The van der Waals surface area contributed by atoms with Gasteiger partial charge in [-0.3, -0.25) is 4.79 Å². The second-order valence-corrected chi connectivity index (χ2v) is 8.15. The number of unbranched alkanes of at least 4 members (excludes halogenated alkanes) is 1. The minimum atomic E-state index is -3.92. The highest BCUT2D eigenvalue weighted by atomic mass is 79.9. The number of methoxy groups -OCH3 is 2. The zero-order valence-corrected chi connectivity index (χ0v) is 17.0. The molecule has 0 aliphatic heterocycles.